The molecule has 0 saturated heterocycles. The van der Waals surface area contributed by atoms with Crippen LogP contribution in [0.25, 0.3) is 33.3 Å². The average molecular weight is 388 g/mol. The molecule has 0 saturated carbocycles. The van der Waals surface area contributed by atoms with Crippen LogP contribution in [-0.4, -0.2) is 25.3 Å². The van der Waals surface area contributed by atoms with Gasteiger partial charge in [0.1, 0.15) is 11.4 Å². The first-order valence-electron chi connectivity index (χ1n) is 8.30. The number of hydrogen-bond donors (Lipinski definition) is 0. The van der Waals surface area contributed by atoms with E-state index in [0.717, 1.165) is 27.5 Å². The van der Waals surface area contributed by atoms with Gasteiger partial charge >= 0.3 is 6.18 Å². The largest absolute Gasteiger partial charge is 0.433 e. The number of halogens is 3. The summed E-state index contributed by atoms with van der Waals surface area (Å²) in [6.45, 7) is 2.05. The highest BCUT2D eigenvalue weighted by molar-refractivity contribution is 7.99. The number of fused-ring (bicyclic) bond motifs is 2. The summed E-state index contributed by atoms with van der Waals surface area (Å²) in [6, 6.07) is 8.89. The normalized spacial score (nSPS) is 12.2. The molecule has 0 unspecified atom stereocenters. The molecule has 4 aromatic rings. The summed E-state index contributed by atoms with van der Waals surface area (Å²) in [6.07, 6.45) is -1.53. The molecule has 0 aliphatic heterocycles. The van der Waals surface area contributed by atoms with E-state index in [-0.39, 0.29) is 5.52 Å². The number of rotatable bonds is 3. The topological polar surface area (TPSA) is 43.6 Å². The first-order valence-corrected chi connectivity index (χ1v) is 9.29. The van der Waals surface area contributed by atoms with Crippen LogP contribution in [-0.2, 0) is 13.2 Å². The second-order valence-electron chi connectivity index (χ2n) is 6.01. The van der Waals surface area contributed by atoms with Gasteiger partial charge in [-0.2, -0.15) is 13.2 Å². The van der Waals surface area contributed by atoms with Crippen LogP contribution >= 0.6 is 11.8 Å². The third kappa shape index (κ3) is 3.03. The Morgan fingerprint density at radius 1 is 1.11 bits per heavy atom. The molecule has 0 fully saturated rings. The van der Waals surface area contributed by atoms with Gasteiger partial charge in [-0.1, -0.05) is 31.2 Å². The Bertz CT molecular complexity index is 1150. The van der Waals surface area contributed by atoms with Crippen molar-refractivity contribution in [2.75, 3.05) is 5.75 Å². The second-order valence-corrected chi connectivity index (χ2v) is 7.28. The first-order chi connectivity index (χ1) is 12.9. The number of nitrogens with zero attached hydrogens (tertiary/aromatic N) is 4. The van der Waals surface area contributed by atoms with Gasteiger partial charge in [-0.3, -0.25) is 4.98 Å². The molecule has 4 nitrogen and oxygen atoms in total. The van der Waals surface area contributed by atoms with Gasteiger partial charge in [-0.15, -0.1) is 11.8 Å². The Morgan fingerprint density at radius 2 is 1.89 bits per heavy atom. The van der Waals surface area contributed by atoms with Crippen molar-refractivity contribution in [3.05, 3.63) is 48.4 Å². The van der Waals surface area contributed by atoms with Crippen molar-refractivity contribution in [3.8, 4) is 11.5 Å². The molecule has 4 rings (SSSR count). The van der Waals surface area contributed by atoms with Crippen LogP contribution in [0.4, 0.5) is 13.2 Å². The molecule has 0 aliphatic rings. The van der Waals surface area contributed by atoms with E-state index in [1.807, 2.05) is 31.2 Å². The summed E-state index contributed by atoms with van der Waals surface area (Å²) in [5.41, 5.74) is 0.486. The maximum absolute atomic E-state index is 13.0. The Kier molecular flexibility index (Phi) is 4.30. The van der Waals surface area contributed by atoms with Crippen LogP contribution in [0.1, 0.15) is 12.6 Å². The van der Waals surface area contributed by atoms with Gasteiger partial charge < -0.3 is 4.57 Å². The zero-order valence-corrected chi connectivity index (χ0v) is 15.4. The van der Waals surface area contributed by atoms with Gasteiger partial charge in [-0.25, -0.2) is 9.97 Å². The quantitative estimate of drug-likeness (QED) is 0.446. The number of thioether (sulfide) groups is 1. The summed E-state index contributed by atoms with van der Waals surface area (Å²) in [4.78, 5) is 13.5. The van der Waals surface area contributed by atoms with Crippen molar-refractivity contribution in [1.29, 1.82) is 0 Å². The first kappa shape index (κ1) is 17.8. The minimum atomic E-state index is -4.50. The fourth-order valence-electron chi connectivity index (χ4n) is 3.04. The minimum Gasteiger partial charge on any atom is -0.325 e. The molecule has 0 aliphatic carbocycles. The van der Waals surface area contributed by atoms with Crippen LogP contribution in [0, 0.1) is 0 Å². The van der Waals surface area contributed by atoms with Gasteiger partial charge in [0, 0.05) is 23.5 Å². The number of alkyl halides is 3. The smallest absolute Gasteiger partial charge is 0.325 e. The van der Waals surface area contributed by atoms with Crippen LogP contribution in [0.2, 0.25) is 0 Å². The van der Waals surface area contributed by atoms with Gasteiger partial charge in [0.05, 0.1) is 17.2 Å². The lowest BCUT2D eigenvalue weighted by Crippen LogP contribution is -2.07. The predicted molar refractivity (Wildman–Crippen MR) is 101 cm³/mol. The summed E-state index contributed by atoms with van der Waals surface area (Å²) in [5, 5.41) is 2.06. The molecule has 138 valence electrons. The van der Waals surface area contributed by atoms with Crippen LogP contribution < -0.4 is 0 Å². The molecular formula is C19H15F3N4S. The summed E-state index contributed by atoms with van der Waals surface area (Å²) >= 11 is 1.64. The van der Waals surface area contributed by atoms with E-state index in [4.69, 9.17) is 0 Å². The highest BCUT2D eigenvalue weighted by Gasteiger charge is 2.33. The molecule has 0 radical (unpaired) electrons. The van der Waals surface area contributed by atoms with Crippen molar-refractivity contribution < 1.29 is 13.2 Å². The maximum Gasteiger partial charge on any atom is 0.433 e. The fraction of sp³-hybridized carbons (Fsp3) is 0.211. The maximum atomic E-state index is 13.0. The minimum absolute atomic E-state index is 0.247. The molecule has 3 aromatic heterocycles. The molecule has 0 bridgehead atoms. The predicted octanol–water partition coefficient (Wildman–Crippen LogP) is 5.31. The molecule has 0 amide bonds. The van der Waals surface area contributed by atoms with Crippen molar-refractivity contribution in [2.24, 2.45) is 7.05 Å². The molecule has 3 heterocycles. The molecule has 1 aromatic carbocycles. The third-order valence-corrected chi connectivity index (χ3v) is 5.30. The van der Waals surface area contributed by atoms with E-state index >= 15 is 0 Å². The van der Waals surface area contributed by atoms with Crippen molar-refractivity contribution in [2.45, 2.75) is 18.0 Å². The number of hydrogen-bond acceptors (Lipinski definition) is 4. The lowest BCUT2D eigenvalue weighted by molar-refractivity contribution is -0.141. The third-order valence-electron chi connectivity index (χ3n) is 4.31. The Morgan fingerprint density at radius 3 is 2.63 bits per heavy atom. The van der Waals surface area contributed by atoms with Crippen LogP contribution in [0.3, 0.4) is 0 Å². The summed E-state index contributed by atoms with van der Waals surface area (Å²) in [5.74, 6) is 1.36. The second kappa shape index (κ2) is 6.53. The average Bonchev–Trinajstić information content (AvgIpc) is 2.97. The lowest BCUT2D eigenvalue weighted by Gasteiger charge is -2.11. The van der Waals surface area contributed by atoms with E-state index in [1.54, 1.807) is 29.6 Å². The summed E-state index contributed by atoms with van der Waals surface area (Å²) < 4.78 is 40.7. The number of pyridine rings is 2. The molecule has 0 atom stereocenters. The number of benzene rings is 1. The highest BCUT2D eigenvalue weighted by Crippen LogP contribution is 2.37. The SMILES string of the molecule is CCSc1c(-c2nc3cc(C(F)(F)F)ncc3n2C)ncc2ccccc12. The highest BCUT2D eigenvalue weighted by atomic mass is 32.2. The van der Waals surface area contributed by atoms with Gasteiger partial charge in [-0.05, 0) is 17.2 Å². The Hall–Kier alpha value is -2.61. The molecule has 8 heteroatoms. The van der Waals surface area contributed by atoms with Gasteiger partial charge in [0.25, 0.3) is 0 Å². The van der Waals surface area contributed by atoms with E-state index in [0.29, 0.717) is 17.0 Å². The summed E-state index contributed by atoms with van der Waals surface area (Å²) in [7, 11) is 1.76. The van der Waals surface area contributed by atoms with Crippen molar-refractivity contribution in [3.63, 3.8) is 0 Å². The fourth-order valence-corrected chi connectivity index (χ4v) is 3.95. The van der Waals surface area contributed by atoms with E-state index in [2.05, 4.69) is 15.0 Å². The van der Waals surface area contributed by atoms with Crippen molar-refractivity contribution in [1.82, 2.24) is 19.5 Å². The van der Waals surface area contributed by atoms with Crippen LogP contribution in [0.15, 0.2) is 47.6 Å². The standard InChI is InChI=1S/C19H15F3N4S/c1-3-27-17-12-7-5-4-6-11(12)9-24-16(17)18-25-13-8-15(19(20,21)22)23-10-14(13)26(18)2/h4-10H,3H2,1-2H3. The number of aryl methyl sites for hydroxylation is 1. The van der Waals surface area contributed by atoms with E-state index in [9.17, 15) is 13.2 Å². The molecule has 0 N–H and O–H groups in total. The van der Waals surface area contributed by atoms with Gasteiger partial charge in [0.2, 0.25) is 0 Å². The lowest BCUT2D eigenvalue weighted by atomic mass is 10.1. The zero-order chi connectivity index (χ0) is 19.2. The number of imidazole rings is 1. The van der Waals surface area contributed by atoms with Crippen molar-refractivity contribution >= 4 is 33.6 Å². The van der Waals surface area contributed by atoms with E-state index < -0.39 is 11.9 Å². The molecular weight excluding hydrogens is 373 g/mol. The molecule has 0 spiro atoms. The Balaban J connectivity index is 1.96. The monoisotopic (exact) mass is 388 g/mol. The van der Waals surface area contributed by atoms with Crippen LogP contribution in [0.5, 0.6) is 0 Å². The number of aromatic nitrogens is 4. The zero-order valence-electron chi connectivity index (χ0n) is 14.6. The Labute approximate surface area is 157 Å². The van der Waals surface area contributed by atoms with E-state index in [1.165, 1.54) is 6.20 Å². The van der Waals surface area contributed by atoms with Gasteiger partial charge in [0.15, 0.2) is 5.82 Å². The molecule has 27 heavy (non-hydrogen) atoms.